The zero-order chi connectivity index (χ0) is 11.6. The molecule has 3 heteroatoms. The van der Waals surface area contributed by atoms with Crippen molar-refractivity contribution in [2.75, 3.05) is 24.5 Å². The summed E-state index contributed by atoms with van der Waals surface area (Å²) in [5, 5.41) is 3.60. The Morgan fingerprint density at radius 2 is 2.31 bits per heavy atom. The van der Waals surface area contributed by atoms with Gasteiger partial charge in [0.25, 0.3) is 0 Å². The fourth-order valence-corrected chi connectivity index (χ4v) is 2.22. The van der Waals surface area contributed by atoms with Crippen LogP contribution in [0.1, 0.15) is 25.8 Å². The van der Waals surface area contributed by atoms with E-state index in [0.717, 1.165) is 26.1 Å². The Balaban J connectivity index is 2.16. The van der Waals surface area contributed by atoms with Crippen LogP contribution in [0.2, 0.25) is 0 Å². The quantitative estimate of drug-likeness (QED) is 0.824. The van der Waals surface area contributed by atoms with Crippen molar-refractivity contribution < 1.29 is 0 Å². The van der Waals surface area contributed by atoms with E-state index in [4.69, 9.17) is 0 Å². The van der Waals surface area contributed by atoms with Crippen LogP contribution in [0.3, 0.4) is 0 Å². The highest BCUT2D eigenvalue weighted by Gasteiger charge is 2.28. The molecule has 0 bridgehead atoms. The number of pyridine rings is 1. The van der Waals surface area contributed by atoms with Crippen LogP contribution in [-0.4, -0.2) is 30.2 Å². The second-order valence-corrected chi connectivity index (χ2v) is 4.98. The summed E-state index contributed by atoms with van der Waals surface area (Å²) in [6.45, 7) is 9.82. The molecule has 0 saturated carbocycles. The molecule has 0 radical (unpaired) electrons. The molecule has 1 atom stereocenters. The van der Waals surface area contributed by atoms with Gasteiger partial charge in [-0.3, -0.25) is 4.98 Å². The third-order valence-electron chi connectivity index (χ3n) is 3.48. The van der Waals surface area contributed by atoms with Gasteiger partial charge in [-0.05, 0) is 31.9 Å². The summed E-state index contributed by atoms with van der Waals surface area (Å²) in [6, 6.07) is 2.22. The zero-order valence-electron chi connectivity index (χ0n) is 10.5. The SMILES string of the molecule is CCC1(C)CN(c2cncc(C)c2)CCN1. The molecule has 16 heavy (non-hydrogen) atoms. The van der Waals surface area contributed by atoms with Crippen LogP contribution in [0, 0.1) is 6.92 Å². The summed E-state index contributed by atoms with van der Waals surface area (Å²) < 4.78 is 0. The largest absolute Gasteiger partial charge is 0.367 e. The van der Waals surface area contributed by atoms with Crippen molar-refractivity contribution in [2.45, 2.75) is 32.7 Å². The molecule has 1 fully saturated rings. The van der Waals surface area contributed by atoms with Crippen molar-refractivity contribution in [2.24, 2.45) is 0 Å². The highest BCUT2D eigenvalue weighted by atomic mass is 15.2. The molecule has 1 N–H and O–H groups in total. The molecule has 0 aromatic carbocycles. The number of piperazine rings is 1. The average molecular weight is 219 g/mol. The van der Waals surface area contributed by atoms with Gasteiger partial charge in [-0.15, -0.1) is 0 Å². The number of rotatable bonds is 2. The molecular formula is C13H21N3. The van der Waals surface area contributed by atoms with Gasteiger partial charge in [0.1, 0.15) is 0 Å². The third kappa shape index (κ3) is 2.35. The topological polar surface area (TPSA) is 28.2 Å². The van der Waals surface area contributed by atoms with Crippen LogP contribution in [-0.2, 0) is 0 Å². The Morgan fingerprint density at radius 1 is 1.50 bits per heavy atom. The molecule has 1 aliphatic heterocycles. The van der Waals surface area contributed by atoms with Crippen molar-refractivity contribution >= 4 is 5.69 Å². The lowest BCUT2D eigenvalue weighted by Crippen LogP contribution is -2.58. The highest BCUT2D eigenvalue weighted by Crippen LogP contribution is 2.21. The second-order valence-electron chi connectivity index (χ2n) is 4.98. The van der Waals surface area contributed by atoms with Gasteiger partial charge in [0.2, 0.25) is 0 Å². The summed E-state index contributed by atoms with van der Waals surface area (Å²) >= 11 is 0. The Hall–Kier alpha value is -1.09. The predicted octanol–water partition coefficient (Wildman–Crippen LogP) is 1.97. The molecule has 1 aliphatic rings. The lowest BCUT2D eigenvalue weighted by Gasteiger charge is -2.42. The normalized spacial score (nSPS) is 25.8. The summed E-state index contributed by atoms with van der Waals surface area (Å²) in [4.78, 5) is 6.70. The Morgan fingerprint density at radius 3 is 3.00 bits per heavy atom. The van der Waals surface area contributed by atoms with Gasteiger partial charge in [-0.25, -0.2) is 0 Å². The summed E-state index contributed by atoms with van der Waals surface area (Å²) in [5.41, 5.74) is 2.72. The van der Waals surface area contributed by atoms with Crippen molar-refractivity contribution in [1.82, 2.24) is 10.3 Å². The number of anilines is 1. The molecule has 88 valence electrons. The second kappa shape index (κ2) is 4.42. The van der Waals surface area contributed by atoms with Gasteiger partial charge in [0, 0.05) is 31.4 Å². The number of aromatic nitrogens is 1. The van der Waals surface area contributed by atoms with E-state index < -0.39 is 0 Å². The van der Waals surface area contributed by atoms with E-state index in [-0.39, 0.29) is 5.54 Å². The van der Waals surface area contributed by atoms with Gasteiger partial charge < -0.3 is 10.2 Å². The van der Waals surface area contributed by atoms with Crippen molar-refractivity contribution in [3.8, 4) is 0 Å². The average Bonchev–Trinajstić information content (AvgIpc) is 2.29. The standard InChI is InChI=1S/C13H21N3/c1-4-13(3)10-16(6-5-15-13)12-7-11(2)8-14-9-12/h7-9,15H,4-6,10H2,1-3H3. The molecule has 1 aromatic heterocycles. The minimum atomic E-state index is 0.238. The van der Waals surface area contributed by atoms with Crippen molar-refractivity contribution in [3.05, 3.63) is 24.0 Å². The van der Waals surface area contributed by atoms with Gasteiger partial charge in [0.15, 0.2) is 0 Å². The van der Waals surface area contributed by atoms with E-state index >= 15 is 0 Å². The number of hydrogen-bond donors (Lipinski definition) is 1. The highest BCUT2D eigenvalue weighted by molar-refractivity contribution is 5.47. The van der Waals surface area contributed by atoms with Crippen LogP contribution in [0.15, 0.2) is 18.5 Å². The first-order chi connectivity index (χ1) is 7.63. The number of nitrogens with zero attached hydrogens (tertiary/aromatic N) is 2. The van der Waals surface area contributed by atoms with Crippen LogP contribution < -0.4 is 10.2 Å². The van der Waals surface area contributed by atoms with E-state index in [1.54, 1.807) is 0 Å². The minimum Gasteiger partial charge on any atom is -0.367 e. The predicted molar refractivity (Wildman–Crippen MR) is 67.9 cm³/mol. The van der Waals surface area contributed by atoms with Gasteiger partial charge in [-0.2, -0.15) is 0 Å². The Labute approximate surface area is 97.9 Å². The monoisotopic (exact) mass is 219 g/mol. The maximum Gasteiger partial charge on any atom is 0.0556 e. The van der Waals surface area contributed by atoms with E-state index in [0.29, 0.717) is 0 Å². The summed E-state index contributed by atoms with van der Waals surface area (Å²) in [5.74, 6) is 0. The Kier molecular flexibility index (Phi) is 3.15. The first-order valence-electron chi connectivity index (χ1n) is 6.04. The first kappa shape index (κ1) is 11.4. The van der Waals surface area contributed by atoms with Gasteiger partial charge in [0.05, 0.1) is 11.9 Å². The molecule has 0 aliphatic carbocycles. The van der Waals surface area contributed by atoms with E-state index in [9.17, 15) is 0 Å². The molecule has 2 rings (SSSR count). The van der Waals surface area contributed by atoms with E-state index in [1.807, 2.05) is 12.4 Å². The number of hydrogen-bond acceptors (Lipinski definition) is 3. The lowest BCUT2D eigenvalue weighted by atomic mass is 9.95. The van der Waals surface area contributed by atoms with Crippen LogP contribution in [0.4, 0.5) is 5.69 Å². The maximum absolute atomic E-state index is 4.27. The third-order valence-corrected chi connectivity index (χ3v) is 3.48. The molecular weight excluding hydrogens is 198 g/mol. The molecule has 1 saturated heterocycles. The smallest absolute Gasteiger partial charge is 0.0556 e. The van der Waals surface area contributed by atoms with Crippen LogP contribution in [0.5, 0.6) is 0 Å². The summed E-state index contributed by atoms with van der Waals surface area (Å²) in [6.07, 6.45) is 5.03. The molecule has 0 spiro atoms. The van der Waals surface area contributed by atoms with Crippen LogP contribution in [0.25, 0.3) is 0 Å². The van der Waals surface area contributed by atoms with Gasteiger partial charge >= 0.3 is 0 Å². The molecule has 0 amide bonds. The maximum atomic E-state index is 4.27. The number of aryl methyl sites for hydroxylation is 1. The molecule has 1 unspecified atom stereocenters. The lowest BCUT2D eigenvalue weighted by molar-refractivity contribution is 0.314. The minimum absolute atomic E-state index is 0.238. The first-order valence-corrected chi connectivity index (χ1v) is 6.04. The fourth-order valence-electron chi connectivity index (χ4n) is 2.22. The summed E-state index contributed by atoms with van der Waals surface area (Å²) in [7, 11) is 0. The van der Waals surface area contributed by atoms with Crippen molar-refractivity contribution in [1.29, 1.82) is 0 Å². The number of nitrogens with one attached hydrogen (secondary N) is 1. The zero-order valence-corrected chi connectivity index (χ0v) is 10.5. The molecule has 2 heterocycles. The molecule has 1 aromatic rings. The molecule has 3 nitrogen and oxygen atoms in total. The van der Waals surface area contributed by atoms with E-state index in [2.05, 4.69) is 42.0 Å². The fraction of sp³-hybridized carbons (Fsp3) is 0.615. The van der Waals surface area contributed by atoms with Crippen LogP contribution >= 0.6 is 0 Å². The van der Waals surface area contributed by atoms with Crippen molar-refractivity contribution in [3.63, 3.8) is 0 Å². The van der Waals surface area contributed by atoms with Gasteiger partial charge in [-0.1, -0.05) is 6.92 Å². The Bertz CT molecular complexity index is 364. The van der Waals surface area contributed by atoms with E-state index in [1.165, 1.54) is 11.3 Å².